The fraction of sp³-hybridized carbons (Fsp3) is 0.200. The summed E-state index contributed by atoms with van der Waals surface area (Å²) in [6.07, 6.45) is 0. The van der Waals surface area contributed by atoms with Gasteiger partial charge >= 0.3 is 0 Å². The molecule has 0 aliphatic carbocycles. The zero-order valence-electron chi connectivity index (χ0n) is 8.03. The van der Waals surface area contributed by atoms with Crippen molar-refractivity contribution in [3.63, 3.8) is 0 Å². The standard InChI is InChI=1S/C10H11NO2S/c1-7(14)11-10(12)8-3-5-9(13-2)6-4-8/h3-6H,1-2H3,(H,11,12,14). The molecule has 0 saturated heterocycles. The SMILES string of the molecule is COc1ccc(C(=O)NC(C)=S)cc1. The van der Waals surface area contributed by atoms with Crippen LogP contribution in [0.15, 0.2) is 24.3 Å². The zero-order valence-corrected chi connectivity index (χ0v) is 8.85. The van der Waals surface area contributed by atoms with Crippen molar-refractivity contribution >= 4 is 23.1 Å². The molecule has 1 amide bonds. The Morgan fingerprint density at radius 3 is 2.36 bits per heavy atom. The minimum absolute atomic E-state index is 0.194. The molecule has 1 N–H and O–H groups in total. The van der Waals surface area contributed by atoms with Crippen molar-refractivity contribution in [1.82, 2.24) is 5.32 Å². The molecule has 1 aromatic rings. The Bertz CT molecular complexity index is 346. The van der Waals surface area contributed by atoms with E-state index in [2.05, 4.69) is 5.32 Å². The molecule has 0 atom stereocenters. The Kier molecular flexibility index (Phi) is 3.59. The van der Waals surface area contributed by atoms with E-state index < -0.39 is 0 Å². The molecular formula is C10H11NO2S. The van der Waals surface area contributed by atoms with Crippen molar-refractivity contribution in [1.29, 1.82) is 0 Å². The summed E-state index contributed by atoms with van der Waals surface area (Å²) in [6, 6.07) is 6.83. The number of ether oxygens (including phenoxy) is 1. The van der Waals surface area contributed by atoms with Crippen LogP contribution >= 0.6 is 12.2 Å². The van der Waals surface area contributed by atoms with Crippen molar-refractivity contribution in [3.8, 4) is 5.75 Å². The first-order valence-electron chi connectivity index (χ1n) is 4.09. The molecule has 0 radical (unpaired) electrons. The molecule has 0 heterocycles. The second kappa shape index (κ2) is 4.72. The minimum Gasteiger partial charge on any atom is -0.497 e. The quantitative estimate of drug-likeness (QED) is 0.754. The van der Waals surface area contributed by atoms with Gasteiger partial charge in [0.15, 0.2) is 0 Å². The van der Waals surface area contributed by atoms with Crippen LogP contribution in [0.5, 0.6) is 5.75 Å². The Morgan fingerprint density at radius 2 is 1.93 bits per heavy atom. The first kappa shape index (κ1) is 10.7. The molecule has 0 aliphatic rings. The summed E-state index contributed by atoms with van der Waals surface area (Å²) >= 11 is 4.76. The molecule has 14 heavy (non-hydrogen) atoms. The Morgan fingerprint density at radius 1 is 1.36 bits per heavy atom. The Labute approximate surface area is 88.1 Å². The maximum Gasteiger partial charge on any atom is 0.256 e. The Hall–Kier alpha value is -1.42. The van der Waals surface area contributed by atoms with E-state index in [1.807, 2.05) is 0 Å². The van der Waals surface area contributed by atoms with Crippen LogP contribution in [-0.4, -0.2) is 18.0 Å². The van der Waals surface area contributed by atoms with E-state index >= 15 is 0 Å². The number of carbonyl (C=O) groups excluding carboxylic acids is 1. The number of nitrogens with one attached hydrogen (secondary N) is 1. The van der Waals surface area contributed by atoms with Gasteiger partial charge in [0.1, 0.15) is 5.75 Å². The van der Waals surface area contributed by atoms with Gasteiger partial charge in [0, 0.05) is 5.56 Å². The van der Waals surface area contributed by atoms with Crippen LogP contribution in [0.25, 0.3) is 0 Å². The van der Waals surface area contributed by atoms with Gasteiger partial charge in [0.2, 0.25) is 0 Å². The van der Waals surface area contributed by atoms with E-state index in [1.165, 1.54) is 0 Å². The summed E-state index contributed by atoms with van der Waals surface area (Å²) in [6.45, 7) is 1.66. The lowest BCUT2D eigenvalue weighted by molar-refractivity contribution is 0.0977. The highest BCUT2D eigenvalue weighted by atomic mass is 32.1. The van der Waals surface area contributed by atoms with Gasteiger partial charge in [-0.25, -0.2) is 0 Å². The van der Waals surface area contributed by atoms with E-state index in [0.29, 0.717) is 10.6 Å². The summed E-state index contributed by atoms with van der Waals surface area (Å²) in [4.78, 5) is 11.9. The number of rotatable bonds is 2. The van der Waals surface area contributed by atoms with Gasteiger partial charge in [0.05, 0.1) is 12.1 Å². The van der Waals surface area contributed by atoms with Crippen molar-refractivity contribution < 1.29 is 9.53 Å². The molecule has 0 saturated carbocycles. The van der Waals surface area contributed by atoms with Gasteiger partial charge in [-0.3, -0.25) is 4.79 Å². The third kappa shape index (κ3) is 2.81. The van der Waals surface area contributed by atoms with Gasteiger partial charge in [-0.1, -0.05) is 12.2 Å². The van der Waals surface area contributed by atoms with E-state index in [-0.39, 0.29) is 5.91 Å². The molecule has 1 aromatic carbocycles. The number of carbonyl (C=O) groups is 1. The number of hydrogen-bond donors (Lipinski definition) is 1. The molecule has 0 spiro atoms. The summed E-state index contributed by atoms with van der Waals surface area (Å²) < 4.78 is 4.97. The highest BCUT2D eigenvalue weighted by Gasteiger charge is 2.04. The largest absolute Gasteiger partial charge is 0.497 e. The monoisotopic (exact) mass is 209 g/mol. The summed E-state index contributed by atoms with van der Waals surface area (Å²) in [5, 5.41) is 2.55. The average Bonchev–Trinajstić information content (AvgIpc) is 2.17. The van der Waals surface area contributed by atoms with E-state index in [4.69, 9.17) is 17.0 Å². The lowest BCUT2D eigenvalue weighted by Gasteiger charge is -2.03. The van der Waals surface area contributed by atoms with Gasteiger partial charge in [-0.05, 0) is 31.2 Å². The molecule has 0 fully saturated rings. The van der Waals surface area contributed by atoms with Crippen LogP contribution in [0.1, 0.15) is 17.3 Å². The van der Waals surface area contributed by atoms with E-state index in [9.17, 15) is 4.79 Å². The third-order valence-electron chi connectivity index (χ3n) is 1.64. The lowest BCUT2D eigenvalue weighted by Crippen LogP contribution is -2.26. The molecule has 1 rings (SSSR count). The molecule has 0 aliphatic heterocycles. The van der Waals surface area contributed by atoms with Crippen LogP contribution in [0.3, 0.4) is 0 Å². The van der Waals surface area contributed by atoms with Gasteiger partial charge < -0.3 is 10.1 Å². The maximum atomic E-state index is 11.4. The molecule has 0 aromatic heterocycles. The fourth-order valence-corrected chi connectivity index (χ4v) is 1.07. The topological polar surface area (TPSA) is 38.3 Å². The van der Waals surface area contributed by atoms with Crippen LogP contribution in [-0.2, 0) is 0 Å². The smallest absolute Gasteiger partial charge is 0.256 e. The van der Waals surface area contributed by atoms with Crippen molar-refractivity contribution in [2.45, 2.75) is 6.92 Å². The second-order valence-corrected chi connectivity index (χ2v) is 3.35. The first-order valence-corrected chi connectivity index (χ1v) is 4.50. The van der Waals surface area contributed by atoms with Crippen LogP contribution in [0.2, 0.25) is 0 Å². The average molecular weight is 209 g/mol. The van der Waals surface area contributed by atoms with Gasteiger partial charge in [0.25, 0.3) is 5.91 Å². The van der Waals surface area contributed by atoms with E-state index in [0.717, 1.165) is 5.75 Å². The molecule has 74 valence electrons. The Balaban J connectivity index is 2.76. The fourth-order valence-electron chi connectivity index (χ4n) is 0.974. The third-order valence-corrected chi connectivity index (χ3v) is 1.74. The van der Waals surface area contributed by atoms with Crippen LogP contribution < -0.4 is 10.1 Å². The lowest BCUT2D eigenvalue weighted by atomic mass is 10.2. The maximum absolute atomic E-state index is 11.4. The van der Waals surface area contributed by atoms with Crippen LogP contribution in [0.4, 0.5) is 0 Å². The van der Waals surface area contributed by atoms with Crippen molar-refractivity contribution in [2.75, 3.05) is 7.11 Å². The zero-order chi connectivity index (χ0) is 10.6. The van der Waals surface area contributed by atoms with Crippen molar-refractivity contribution in [2.24, 2.45) is 0 Å². The summed E-state index contributed by atoms with van der Waals surface area (Å²) in [5.41, 5.74) is 0.565. The molecule has 0 unspecified atom stereocenters. The number of amides is 1. The number of methoxy groups -OCH3 is 1. The number of hydrogen-bond acceptors (Lipinski definition) is 3. The predicted molar refractivity (Wildman–Crippen MR) is 58.7 cm³/mol. The number of thiocarbonyl (C=S) groups is 1. The minimum atomic E-state index is -0.194. The van der Waals surface area contributed by atoms with Crippen LogP contribution in [0, 0.1) is 0 Å². The summed E-state index contributed by atoms with van der Waals surface area (Å²) in [7, 11) is 1.58. The summed E-state index contributed by atoms with van der Waals surface area (Å²) in [5.74, 6) is 0.528. The van der Waals surface area contributed by atoms with Gasteiger partial charge in [-0.15, -0.1) is 0 Å². The first-order chi connectivity index (χ1) is 6.63. The normalized spacial score (nSPS) is 9.29. The van der Waals surface area contributed by atoms with Gasteiger partial charge in [-0.2, -0.15) is 0 Å². The van der Waals surface area contributed by atoms with E-state index in [1.54, 1.807) is 38.3 Å². The molecule has 3 nitrogen and oxygen atoms in total. The van der Waals surface area contributed by atoms with Crippen molar-refractivity contribution in [3.05, 3.63) is 29.8 Å². The number of benzene rings is 1. The molecule has 4 heteroatoms. The molecule has 0 bridgehead atoms. The molecular weight excluding hydrogens is 198 g/mol. The highest BCUT2D eigenvalue weighted by molar-refractivity contribution is 7.80. The second-order valence-electron chi connectivity index (χ2n) is 2.74. The highest BCUT2D eigenvalue weighted by Crippen LogP contribution is 2.10. The predicted octanol–water partition coefficient (Wildman–Crippen LogP) is 1.77.